The molecule has 4 aromatic carbocycles. The molecule has 3 N–H and O–H groups in total. The molecular weight excluding hydrogens is 614 g/mol. The molecule has 1 amide bonds. The van der Waals surface area contributed by atoms with Gasteiger partial charge in [0, 0.05) is 47.3 Å². The highest BCUT2D eigenvalue weighted by Gasteiger charge is 2.26. The third kappa shape index (κ3) is 9.03. The van der Waals surface area contributed by atoms with Crippen LogP contribution in [0.1, 0.15) is 58.6 Å². The van der Waals surface area contributed by atoms with Crippen LogP contribution in [0.25, 0.3) is 11.5 Å². The largest absolute Gasteiger partial charge is 0.493 e. The maximum Gasteiger partial charge on any atom is 0.226 e. The van der Waals surface area contributed by atoms with Crippen molar-refractivity contribution in [2.24, 2.45) is 5.92 Å². The highest BCUT2D eigenvalue weighted by molar-refractivity contribution is 6.12. The molecule has 0 aliphatic heterocycles. The molecule has 0 saturated heterocycles. The Morgan fingerprint density at radius 2 is 1.55 bits per heavy atom. The number of carbonyl (C=O) groups excluding carboxylic acids is 2. The zero-order chi connectivity index (χ0) is 34.0. The molecule has 1 saturated carbocycles. The van der Waals surface area contributed by atoms with Gasteiger partial charge < -0.3 is 24.9 Å². The van der Waals surface area contributed by atoms with Gasteiger partial charge in [-0.05, 0) is 81.0 Å². The van der Waals surface area contributed by atoms with E-state index < -0.39 is 0 Å². The molecule has 8 nitrogen and oxygen atoms in total. The normalized spacial score (nSPS) is 16.4. The number of amides is 1. The summed E-state index contributed by atoms with van der Waals surface area (Å²) in [6, 6.07) is 34.4. The third-order valence-electron chi connectivity index (χ3n) is 9.08. The fraction of sp³-hybridized carbons (Fsp3) is 0.293. The van der Waals surface area contributed by atoms with E-state index in [1.165, 1.54) is 0 Å². The summed E-state index contributed by atoms with van der Waals surface area (Å²) < 4.78 is 12.0. The number of benzene rings is 4. The van der Waals surface area contributed by atoms with Crippen LogP contribution in [0.2, 0.25) is 0 Å². The Hall–Kier alpha value is -5.21. The van der Waals surface area contributed by atoms with Gasteiger partial charge in [-0.3, -0.25) is 9.59 Å². The molecule has 0 radical (unpaired) electrons. The number of aliphatic hydroxyl groups is 1. The number of para-hydroxylation sites is 1. The number of anilines is 1. The van der Waals surface area contributed by atoms with Gasteiger partial charge in [-0.15, -0.1) is 0 Å². The van der Waals surface area contributed by atoms with Gasteiger partial charge in [0.15, 0.2) is 5.78 Å². The Balaban J connectivity index is 1.11. The number of oxazole rings is 1. The first-order chi connectivity index (χ1) is 23.9. The Morgan fingerprint density at radius 1 is 0.878 bits per heavy atom. The van der Waals surface area contributed by atoms with Gasteiger partial charge in [-0.1, -0.05) is 72.8 Å². The van der Waals surface area contributed by atoms with Gasteiger partial charge >= 0.3 is 0 Å². The first-order valence-electron chi connectivity index (χ1n) is 17.1. The fourth-order valence-electron chi connectivity index (χ4n) is 6.29. The molecule has 1 aromatic heterocycles. The summed E-state index contributed by atoms with van der Waals surface area (Å²) in [6.07, 6.45) is 3.58. The number of nitrogens with zero attached hydrogens (tertiary/aromatic N) is 1. The molecule has 49 heavy (non-hydrogen) atoms. The number of aryl methyl sites for hydroxylation is 1. The molecule has 5 aromatic rings. The summed E-state index contributed by atoms with van der Waals surface area (Å²) in [5.41, 5.74) is 4.80. The highest BCUT2D eigenvalue weighted by atomic mass is 16.5. The third-order valence-corrected chi connectivity index (χ3v) is 9.08. The lowest BCUT2D eigenvalue weighted by molar-refractivity contribution is -0.126. The summed E-state index contributed by atoms with van der Waals surface area (Å²) in [6.45, 7) is 2.76. The highest BCUT2D eigenvalue weighted by Crippen LogP contribution is 2.26. The molecular formula is C41H43N3O5. The van der Waals surface area contributed by atoms with Crippen molar-refractivity contribution in [3.8, 4) is 17.2 Å². The van der Waals surface area contributed by atoms with Crippen LogP contribution in [0.15, 0.2) is 114 Å². The molecule has 1 fully saturated rings. The molecule has 1 heterocycles. The van der Waals surface area contributed by atoms with Crippen molar-refractivity contribution in [1.82, 2.24) is 10.3 Å². The molecule has 0 unspecified atom stereocenters. The van der Waals surface area contributed by atoms with E-state index in [4.69, 9.17) is 9.15 Å². The molecule has 1 aliphatic carbocycles. The van der Waals surface area contributed by atoms with Crippen LogP contribution < -0.4 is 15.4 Å². The quantitative estimate of drug-likeness (QED) is 0.108. The maximum atomic E-state index is 13.5. The van der Waals surface area contributed by atoms with Crippen LogP contribution >= 0.6 is 0 Å². The van der Waals surface area contributed by atoms with Gasteiger partial charge in [0.1, 0.15) is 11.5 Å². The van der Waals surface area contributed by atoms with Crippen LogP contribution in [0, 0.1) is 12.8 Å². The van der Waals surface area contributed by atoms with Crippen LogP contribution in [-0.2, 0) is 17.6 Å². The van der Waals surface area contributed by atoms with E-state index in [9.17, 15) is 14.7 Å². The van der Waals surface area contributed by atoms with E-state index in [1.807, 2.05) is 116 Å². The van der Waals surface area contributed by atoms with E-state index in [2.05, 4.69) is 15.6 Å². The molecule has 1 aliphatic rings. The van der Waals surface area contributed by atoms with Crippen LogP contribution in [-0.4, -0.2) is 47.1 Å². The van der Waals surface area contributed by atoms with Gasteiger partial charge in [-0.2, -0.15) is 0 Å². The molecule has 8 heteroatoms. The number of aliphatic hydroxyl groups excluding tert-OH is 1. The summed E-state index contributed by atoms with van der Waals surface area (Å²) >= 11 is 0. The molecule has 0 bridgehead atoms. The second-order valence-electron chi connectivity index (χ2n) is 12.7. The molecule has 1 atom stereocenters. The van der Waals surface area contributed by atoms with Crippen molar-refractivity contribution in [2.45, 2.75) is 57.6 Å². The molecule has 0 spiro atoms. The molecule has 6 rings (SSSR count). The number of nitrogens with one attached hydrogen (secondary N) is 2. The zero-order valence-electron chi connectivity index (χ0n) is 27.8. The van der Waals surface area contributed by atoms with Crippen molar-refractivity contribution >= 4 is 17.4 Å². The summed E-state index contributed by atoms with van der Waals surface area (Å²) in [5, 5.41) is 16.6. The smallest absolute Gasteiger partial charge is 0.226 e. The number of aromatic nitrogens is 1. The van der Waals surface area contributed by atoms with Crippen molar-refractivity contribution in [2.75, 3.05) is 18.5 Å². The minimum absolute atomic E-state index is 0.00864. The van der Waals surface area contributed by atoms with Crippen LogP contribution in [0.3, 0.4) is 0 Å². The van der Waals surface area contributed by atoms with Gasteiger partial charge in [0.25, 0.3) is 0 Å². The van der Waals surface area contributed by atoms with Gasteiger partial charge in [0.2, 0.25) is 11.8 Å². The van der Waals surface area contributed by atoms with E-state index in [0.717, 1.165) is 34.0 Å². The Kier molecular flexibility index (Phi) is 11.2. The topological polar surface area (TPSA) is 114 Å². The van der Waals surface area contributed by atoms with E-state index >= 15 is 0 Å². The Bertz CT molecular complexity index is 1810. The van der Waals surface area contributed by atoms with E-state index in [1.54, 1.807) is 0 Å². The number of rotatable bonds is 14. The first-order valence-corrected chi connectivity index (χ1v) is 17.1. The monoisotopic (exact) mass is 657 g/mol. The second kappa shape index (κ2) is 16.3. The number of ketones is 1. The van der Waals surface area contributed by atoms with Crippen molar-refractivity contribution in [3.05, 3.63) is 137 Å². The minimum Gasteiger partial charge on any atom is -0.493 e. The van der Waals surface area contributed by atoms with Crippen molar-refractivity contribution < 1.29 is 23.8 Å². The average Bonchev–Trinajstić information content (AvgIpc) is 3.52. The summed E-state index contributed by atoms with van der Waals surface area (Å²) in [5.74, 6) is 2.00. The average molecular weight is 658 g/mol. The Labute approximate surface area is 287 Å². The Morgan fingerprint density at radius 3 is 2.29 bits per heavy atom. The lowest BCUT2D eigenvalue weighted by atomic mass is 9.87. The molecule has 252 valence electrons. The lowest BCUT2D eigenvalue weighted by Gasteiger charge is -2.27. The van der Waals surface area contributed by atoms with Crippen LogP contribution in [0.4, 0.5) is 5.69 Å². The number of ether oxygens (including phenoxy) is 1. The van der Waals surface area contributed by atoms with Gasteiger partial charge in [0.05, 0.1) is 18.4 Å². The SMILES string of the molecule is Cc1oc(-c2ccccc2)nc1CCOc1ccc(C[C@@H](CNC(=O)C2CCC(O)CC2)Nc2ccccc2C(=O)c2ccccc2)cc1. The predicted octanol–water partition coefficient (Wildman–Crippen LogP) is 7.19. The minimum atomic E-state index is -0.317. The second-order valence-corrected chi connectivity index (χ2v) is 12.7. The summed E-state index contributed by atoms with van der Waals surface area (Å²) in [7, 11) is 0. The van der Waals surface area contributed by atoms with Crippen LogP contribution in [0.5, 0.6) is 5.75 Å². The van der Waals surface area contributed by atoms with Crippen molar-refractivity contribution in [3.63, 3.8) is 0 Å². The van der Waals surface area contributed by atoms with Crippen molar-refractivity contribution in [1.29, 1.82) is 0 Å². The van der Waals surface area contributed by atoms with Gasteiger partial charge in [-0.25, -0.2) is 4.98 Å². The number of hydrogen-bond acceptors (Lipinski definition) is 7. The number of carbonyl (C=O) groups is 2. The summed E-state index contributed by atoms with van der Waals surface area (Å²) in [4.78, 5) is 31.2. The predicted molar refractivity (Wildman–Crippen MR) is 191 cm³/mol. The van der Waals surface area contributed by atoms with E-state index in [0.29, 0.717) is 68.7 Å². The lowest BCUT2D eigenvalue weighted by Crippen LogP contribution is -2.41. The standard InChI is InChI=1S/C41H43N3O5/c1-28-37(44-41(49-28)32-12-6-3-7-13-32)24-25-48-35-22-16-29(17-23-35)26-33(27-42-40(47)31-18-20-34(45)21-19-31)43-38-15-9-8-14-36(38)39(46)30-10-4-2-5-11-30/h2-17,22-23,31,33-34,43,45H,18-21,24-27H2,1H3,(H,42,47)/t31?,33-,34?/m0/s1. The first kappa shape index (κ1) is 33.7. The number of hydrogen-bond donors (Lipinski definition) is 3. The maximum absolute atomic E-state index is 13.5. The van der Waals surface area contributed by atoms with E-state index in [-0.39, 0.29) is 29.8 Å². The fourth-order valence-corrected chi connectivity index (χ4v) is 6.29. The zero-order valence-corrected chi connectivity index (χ0v) is 27.8.